The highest BCUT2D eigenvalue weighted by Gasteiger charge is 2.28. The summed E-state index contributed by atoms with van der Waals surface area (Å²) >= 11 is 1.57. The molecule has 0 bridgehead atoms. The summed E-state index contributed by atoms with van der Waals surface area (Å²) < 4.78 is 0. The number of ketones is 1. The highest BCUT2D eigenvalue weighted by Crippen LogP contribution is 2.36. The monoisotopic (exact) mass is 537 g/mol. The van der Waals surface area contributed by atoms with Gasteiger partial charge in [-0.3, -0.25) is 9.59 Å². The molecule has 7 nitrogen and oxygen atoms in total. The van der Waals surface area contributed by atoms with E-state index in [4.69, 9.17) is 9.97 Å². The summed E-state index contributed by atoms with van der Waals surface area (Å²) in [4.78, 5) is 41.5. The van der Waals surface area contributed by atoms with Crippen LogP contribution in [-0.2, 0) is 4.79 Å². The van der Waals surface area contributed by atoms with Crippen molar-refractivity contribution in [1.29, 1.82) is 0 Å². The largest absolute Gasteiger partial charge is 0.358 e. The maximum Gasteiger partial charge on any atom is 0.258 e. The Labute approximate surface area is 232 Å². The molecule has 1 saturated heterocycles. The topological polar surface area (TPSA) is 91.0 Å². The van der Waals surface area contributed by atoms with Crippen molar-refractivity contribution in [3.05, 3.63) is 76.1 Å². The van der Waals surface area contributed by atoms with E-state index in [1.807, 2.05) is 67.8 Å². The number of nitrogens with one attached hydrogen (secondary N) is 2. The first-order valence-corrected chi connectivity index (χ1v) is 14.4. The van der Waals surface area contributed by atoms with Crippen LogP contribution in [0.2, 0.25) is 0 Å². The van der Waals surface area contributed by atoms with Gasteiger partial charge >= 0.3 is 0 Å². The number of carbonyl (C=O) groups is 2. The first-order valence-electron chi connectivity index (χ1n) is 13.5. The van der Waals surface area contributed by atoms with E-state index in [9.17, 15) is 9.59 Å². The molecule has 5 heterocycles. The van der Waals surface area contributed by atoms with E-state index >= 15 is 0 Å². The predicted octanol–water partition coefficient (Wildman–Crippen LogP) is 6.37. The molecule has 6 rings (SSSR count). The number of anilines is 1. The summed E-state index contributed by atoms with van der Waals surface area (Å²) in [6.07, 6.45) is 5.72. The van der Waals surface area contributed by atoms with Gasteiger partial charge in [-0.05, 0) is 76.5 Å². The Balaban J connectivity index is 1.25. The number of Topliss-reactive ketones (excluding diaryl/α,β-unsaturated/α-hetero) is 1. The van der Waals surface area contributed by atoms with Crippen LogP contribution in [0.3, 0.4) is 0 Å². The zero-order valence-corrected chi connectivity index (χ0v) is 23.0. The average Bonchev–Trinajstić information content (AvgIpc) is 3.73. The maximum absolute atomic E-state index is 13.1. The molecule has 39 heavy (non-hydrogen) atoms. The lowest BCUT2D eigenvalue weighted by molar-refractivity contribution is -0.110. The van der Waals surface area contributed by atoms with Crippen LogP contribution in [0, 0.1) is 13.8 Å². The van der Waals surface area contributed by atoms with Crippen molar-refractivity contribution in [1.82, 2.24) is 19.9 Å². The van der Waals surface area contributed by atoms with Crippen molar-refractivity contribution in [2.24, 2.45) is 0 Å². The fourth-order valence-corrected chi connectivity index (χ4v) is 6.34. The first-order chi connectivity index (χ1) is 19.0. The third kappa shape index (κ3) is 5.10. The number of fused-ring (bicyclic) bond motifs is 1. The molecule has 2 aliphatic rings. The van der Waals surface area contributed by atoms with Gasteiger partial charge in [0.1, 0.15) is 16.4 Å². The molecular formula is C31H31N5O2S. The highest BCUT2D eigenvalue weighted by atomic mass is 32.1. The summed E-state index contributed by atoms with van der Waals surface area (Å²) in [5.74, 6) is -0.0532. The van der Waals surface area contributed by atoms with Crippen molar-refractivity contribution in [3.8, 4) is 22.0 Å². The van der Waals surface area contributed by atoms with Crippen LogP contribution in [0.4, 0.5) is 5.69 Å². The van der Waals surface area contributed by atoms with Crippen LogP contribution in [0.1, 0.15) is 58.7 Å². The molecule has 2 aliphatic heterocycles. The second kappa shape index (κ2) is 10.7. The molecule has 0 aliphatic carbocycles. The molecule has 0 spiro atoms. The molecule has 0 radical (unpaired) electrons. The van der Waals surface area contributed by atoms with Crippen LogP contribution < -0.4 is 5.32 Å². The van der Waals surface area contributed by atoms with Gasteiger partial charge in [-0.15, -0.1) is 11.3 Å². The molecule has 1 aromatic carbocycles. The summed E-state index contributed by atoms with van der Waals surface area (Å²) in [7, 11) is 0. The minimum Gasteiger partial charge on any atom is -0.358 e. The minimum atomic E-state index is -0.206. The van der Waals surface area contributed by atoms with Gasteiger partial charge in [0.25, 0.3) is 5.91 Å². The van der Waals surface area contributed by atoms with E-state index in [2.05, 4.69) is 15.2 Å². The molecule has 1 fully saturated rings. The Morgan fingerprint density at radius 1 is 1.05 bits per heavy atom. The van der Waals surface area contributed by atoms with E-state index in [1.165, 1.54) is 12.8 Å². The lowest BCUT2D eigenvalue weighted by atomic mass is 10.0. The lowest BCUT2D eigenvalue weighted by Crippen LogP contribution is -2.21. The van der Waals surface area contributed by atoms with Gasteiger partial charge in [0.15, 0.2) is 5.78 Å². The van der Waals surface area contributed by atoms with Crippen LogP contribution in [0.25, 0.3) is 33.6 Å². The van der Waals surface area contributed by atoms with Crippen molar-refractivity contribution in [2.45, 2.75) is 39.5 Å². The lowest BCUT2D eigenvalue weighted by Gasteiger charge is -2.13. The SMILES string of the molecule is Cc1[nH]c(/C=C2\C(=O)Nc3ccc(-c4csc(-c5ccccc5)n4)nc32)c(C)c1C(=O)CCCN1CCCC1. The summed E-state index contributed by atoms with van der Waals surface area (Å²) in [6.45, 7) is 7.13. The van der Waals surface area contributed by atoms with Gasteiger partial charge in [0.05, 0.1) is 17.0 Å². The van der Waals surface area contributed by atoms with E-state index in [0.29, 0.717) is 29.1 Å². The summed E-state index contributed by atoms with van der Waals surface area (Å²) in [5, 5.41) is 5.84. The Morgan fingerprint density at radius 2 is 1.85 bits per heavy atom. The zero-order valence-electron chi connectivity index (χ0n) is 22.2. The number of aromatic amines is 1. The summed E-state index contributed by atoms with van der Waals surface area (Å²) in [5.41, 5.74) is 7.49. The number of likely N-dealkylation sites (tertiary alicyclic amines) is 1. The Morgan fingerprint density at radius 3 is 2.64 bits per heavy atom. The van der Waals surface area contributed by atoms with Gasteiger partial charge in [0.2, 0.25) is 0 Å². The maximum atomic E-state index is 13.1. The van der Waals surface area contributed by atoms with Gasteiger partial charge in [-0.25, -0.2) is 9.97 Å². The molecular weight excluding hydrogens is 506 g/mol. The zero-order chi connectivity index (χ0) is 26.9. The third-order valence-corrected chi connectivity index (χ3v) is 8.44. The number of benzene rings is 1. The first kappa shape index (κ1) is 25.4. The number of pyridine rings is 1. The predicted molar refractivity (Wildman–Crippen MR) is 157 cm³/mol. The number of carbonyl (C=O) groups excluding carboxylic acids is 2. The quantitative estimate of drug-likeness (QED) is 0.201. The van der Waals surface area contributed by atoms with Crippen molar-refractivity contribution < 1.29 is 9.59 Å². The number of aryl methyl sites for hydroxylation is 1. The van der Waals surface area contributed by atoms with Gasteiger partial charge < -0.3 is 15.2 Å². The fourth-order valence-electron chi connectivity index (χ4n) is 5.52. The van der Waals surface area contributed by atoms with E-state index in [-0.39, 0.29) is 11.7 Å². The number of rotatable bonds is 8. The smallest absolute Gasteiger partial charge is 0.258 e. The Bertz CT molecular complexity index is 1580. The molecule has 0 atom stereocenters. The molecule has 0 saturated carbocycles. The fraction of sp³-hybridized carbons (Fsp3) is 0.290. The molecule has 4 aromatic rings. The second-order valence-corrected chi connectivity index (χ2v) is 11.1. The van der Waals surface area contributed by atoms with Crippen LogP contribution in [0.5, 0.6) is 0 Å². The van der Waals surface area contributed by atoms with Gasteiger partial charge in [0, 0.05) is 34.3 Å². The van der Waals surface area contributed by atoms with Crippen LogP contribution >= 0.6 is 11.3 Å². The number of hydrogen-bond acceptors (Lipinski definition) is 6. The highest BCUT2D eigenvalue weighted by molar-refractivity contribution is 7.13. The van der Waals surface area contributed by atoms with Gasteiger partial charge in [-0.2, -0.15) is 0 Å². The number of amides is 1. The number of nitrogens with zero attached hydrogens (tertiary/aromatic N) is 3. The standard InChI is InChI=1S/C31H31N5O2S/c1-19-25(32-20(2)28(19)27(37)11-8-16-36-14-6-7-15-36)17-22-29-24(34-30(22)38)13-12-23(33-29)26-18-39-31(35-26)21-9-4-3-5-10-21/h3-5,9-10,12-13,17-18,32H,6-8,11,14-16H2,1-2H3,(H,34,38)/b22-17-. The van der Waals surface area contributed by atoms with Crippen molar-refractivity contribution >= 4 is 40.4 Å². The molecule has 2 N–H and O–H groups in total. The van der Waals surface area contributed by atoms with Crippen LogP contribution in [0.15, 0.2) is 47.8 Å². The van der Waals surface area contributed by atoms with E-state index < -0.39 is 0 Å². The van der Waals surface area contributed by atoms with Crippen molar-refractivity contribution in [2.75, 3.05) is 25.0 Å². The number of H-pyrrole nitrogens is 1. The second-order valence-electron chi connectivity index (χ2n) is 10.2. The average molecular weight is 538 g/mol. The molecule has 1 amide bonds. The van der Waals surface area contributed by atoms with Crippen LogP contribution in [-0.4, -0.2) is 51.2 Å². The molecule has 8 heteroatoms. The summed E-state index contributed by atoms with van der Waals surface area (Å²) in [6, 6.07) is 13.8. The van der Waals surface area contributed by atoms with E-state index in [0.717, 1.165) is 64.8 Å². The number of aromatic nitrogens is 3. The van der Waals surface area contributed by atoms with Crippen molar-refractivity contribution in [3.63, 3.8) is 0 Å². The number of thiazole rings is 1. The minimum absolute atomic E-state index is 0.152. The number of hydrogen-bond donors (Lipinski definition) is 2. The molecule has 3 aromatic heterocycles. The molecule has 198 valence electrons. The normalized spacial score (nSPS) is 16.2. The Kier molecular flexibility index (Phi) is 6.97. The van der Waals surface area contributed by atoms with E-state index in [1.54, 1.807) is 11.3 Å². The van der Waals surface area contributed by atoms with Gasteiger partial charge in [-0.1, -0.05) is 30.3 Å². The molecule has 0 unspecified atom stereocenters. The Hall–Kier alpha value is -3.88. The third-order valence-electron chi connectivity index (χ3n) is 7.55.